The summed E-state index contributed by atoms with van der Waals surface area (Å²) in [5, 5.41) is 6.75. The molecule has 2 heterocycles. The van der Waals surface area contributed by atoms with Crippen LogP contribution < -0.4 is 10.6 Å². The van der Waals surface area contributed by atoms with E-state index in [1.54, 1.807) is 0 Å². The Morgan fingerprint density at radius 2 is 2.24 bits per heavy atom. The van der Waals surface area contributed by atoms with Crippen LogP contribution in [-0.4, -0.2) is 48.6 Å². The molecule has 0 radical (unpaired) electrons. The Kier molecular flexibility index (Phi) is 4.76. The van der Waals surface area contributed by atoms with E-state index in [-0.39, 0.29) is 0 Å². The Bertz CT molecular complexity index is 308. The second kappa shape index (κ2) is 6.57. The lowest BCUT2D eigenvalue weighted by molar-refractivity contribution is 0.179. The molecular weight excluding hydrogens is 212 g/mol. The summed E-state index contributed by atoms with van der Waals surface area (Å²) in [4.78, 5) is 6.81. The maximum atomic E-state index is 4.25. The molecule has 1 aromatic rings. The molecule has 0 aromatic carbocycles. The molecule has 2 N–H and O–H groups in total. The van der Waals surface area contributed by atoms with Gasteiger partial charge < -0.3 is 10.6 Å². The van der Waals surface area contributed by atoms with Crippen LogP contribution in [0.5, 0.6) is 0 Å². The lowest BCUT2D eigenvalue weighted by atomic mass is 10.2. The molecule has 1 aromatic heterocycles. The van der Waals surface area contributed by atoms with Crippen molar-refractivity contribution < 1.29 is 0 Å². The lowest BCUT2D eigenvalue weighted by Crippen LogP contribution is -2.47. The van der Waals surface area contributed by atoms with Crippen molar-refractivity contribution in [3.63, 3.8) is 0 Å². The molecule has 0 amide bonds. The highest BCUT2D eigenvalue weighted by Crippen LogP contribution is 2.06. The molecule has 1 fully saturated rings. The molecule has 0 bridgehead atoms. The summed E-state index contributed by atoms with van der Waals surface area (Å²) in [6.45, 7) is 7.89. The molecule has 1 atom stereocenters. The zero-order valence-corrected chi connectivity index (χ0v) is 10.5. The predicted octanol–water partition coefficient (Wildman–Crippen LogP) is 1.18. The van der Waals surface area contributed by atoms with E-state index in [2.05, 4.69) is 27.4 Å². The molecular formula is C13H22N4. The van der Waals surface area contributed by atoms with Crippen molar-refractivity contribution in [2.75, 3.05) is 38.0 Å². The Morgan fingerprint density at radius 3 is 2.94 bits per heavy atom. The fourth-order valence-corrected chi connectivity index (χ4v) is 2.18. The van der Waals surface area contributed by atoms with Crippen molar-refractivity contribution in [3.8, 4) is 0 Å². The van der Waals surface area contributed by atoms with Gasteiger partial charge in [0.1, 0.15) is 5.82 Å². The average molecular weight is 234 g/mol. The minimum absolute atomic E-state index is 0.647. The molecule has 1 aliphatic rings. The number of anilines is 1. The van der Waals surface area contributed by atoms with Crippen molar-refractivity contribution in [1.29, 1.82) is 0 Å². The van der Waals surface area contributed by atoms with Gasteiger partial charge in [0.05, 0.1) is 0 Å². The maximum Gasteiger partial charge on any atom is 0.125 e. The number of hydrogen-bond acceptors (Lipinski definition) is 4. The van der Waals surface area contributed by atoms with E-state index in [0.717, 1.165) is 31.9 Å². The van der Waals surface area contributed by atoms with E-state index in [0.29, 0.717) is 6.04 Å². The van der Waals surface area contributed by atoms with E-state index in [9.17, 15) is 0 Å². The molecule has 17 heavy (non-hydrogen) atoms. The Hall–Kier alpha value is -1.13. The Balaban J connectivity index is 1.67. The van der Waals surface area contributed by atoms with E-state index in [1.807, 2.05) is 24.4 Å². The molecule has 1 saturated heterocycles. The first kappa shape index (κ1) is 12.3. The summed E-state index contributed by atoms with van der Waals surface area (Å²) in [5.74, 6) is 0.972. The van der Waals surface area contributed by atoms with Crippen LogP contribution in [0, 0.1) is 0 Å². The monoisotopic (exact) mass is 234 g/mol. The van der Waals surface area contributed by atoms with Crippen LogP contribution in [0.3, 0.4) is 0 Å². The molecule has 94 valence electrons. The fourth-order valence-electron chi connectivity index (χ4n) is 2.18. The molecule has 0 aliphatic carbocycles. The molecule has 2 rings (SSSR count). The second-order valence-electron chi connectivity index (χ2n) is 4.57. The summed E-state index contributed by atoms with van der Waals surface area (Å²) in [6.07, 6.45) is 2.98. The van der Waals surface area contributed by atoms with Gasteiger partial charge in [-0.15, -0.1) is 0 Å². The normalized spacial score (nSPS) is 18.9. The van der Waals surface area contributed by atoms with Gasteiger partial charge in [-0.25, -0.2) is 4.98 Å². The summed E-state index contributed by atoms with van der Waals surface area (Å²) in [6, 6.07) is 6.60. The van der Waals surface area contributed by atoms with Crippen molar-refractivity contribution in [3.05, 3.63) is 24.4 Å². The summed E-state index contributed by atoms with van der Waals surface area (Å²) in [7, 11) is 0. The third-order valence-electron chi connectivity index (χ3n) is 3.31. The number of piperazine rings is 1. The molecule has 0 spiro atoms. The first-order chi connectivity index (χ1) is 8.36. The van der Waals surface area contributed by atoms with E-state index in [1.165, 1.54) is 13.1 Å². The number of pyridine rings is 1. The zero-order valence-electron chi connectivity index (χ0n) is 10.5. The number of nitrogens with zero attached hydrogens (tertiary/aromatic N) is 2. The molecule has 1 unspecified atom stereocenters. The first-order valence-corrected chi connectivity index (χ1v) is 6.46. The topological polar surface area (TPSA) is 40.2 Å². The van der Waals surface area contributed by atoms with Gasteiger partial charge in [0.2, 0.25) is 0 Å². The summed E-state index contributed by atoms with van der Waals surface area (Å²) >= 11 is 0. The number of rotatable bonds is 5. The van der Waals surface area contributed by atoms with Crippen LogP contribution >= 0.6 is 0 Å². The molecule has 4 nitrogen and oxygen atoms in total. The van der Waals surface area contributed by atoms with Gasteiger partial charge in [-0.05, 0) is 25.5 Å². The van der Waals surface area contributed by atoms with Gasteiger partial charge in [0, 0.05) is 45.0 Å². The van der Waals surface area contributed by atoms with Gasteiger partial charge in [-0.3, -0.25) is 4.90 Å². The van der Waals surface area contributed by atoms with E-state index >= 15 is 0 Å². The quantitative estimate of drug-likeness (QED) is 0.802. The van der Waals surface area contributed by atoms with E-state index < -0.39 is 0 Å². The predicted molar refractivity (Wildman–Crippen MR) is 71.2 cm³/mol. The van der Waals surface area contributed by atoms with Gasteiger partial charge in [0.25, 0.3) is 0 Å². The van der Waals surface area contributed by atoms with Crippen molar-refractivity contribution in [2.45, 2.75) is 19.4 Å². The summed E-state index contributed by atoms with van der Waals surface area (Å²) < 4.78 is 0. The number of hydrogen-bond donors (Lipinski definition) is 2. The van der Waals surface area contributed by atoms with Crippen LogP contribution in [-0.2, 0) is 0 Å². The first-order valence-electron chi connectivity index (χ1n) is 6.46. The second-order valence-corrected chi connectivity index (χ2v) is 4.57. The summed E-state index contributed by atoms with van der Waals surface area (Å²) in [5.41, 5.74) is 0. The van der Waals surface area contributed by atoms with Crippen LogP contribution in [0.15, 0.2) is 24.4 Å². The minimum atomic E-state index is 0.647. The van der Waals surface area contributed by atoms with Crippen LogP contribution in [0.1, 0.15) is 13.3 Å². The largest absolute Gasteiger partial charge is 0.370 e. The van der Waals surface area contributed by atoms with Crippen LogP contribution in [0.2, 0.25) is 0 Å². The maximum absolute atomic E-state index is 4.25. The van der Waals surface area contributed by atoms with Crippen LogP contribution in [0.4, 0.5) is 5.82 Å². The highest BCUT2D eigenvalue weighted by molar-refractivity contribution is 5.32. The minimum Gasteiger partial charge on any atom is -0.370 e. The highest BCUT2D eigenvalue weighted by Gasteiger charge is 2.15. The SMILES string of the molecule is CC(CCNc1ccccn1)N1CCNCC1. The molecule has 1 aliphatic heterocycles. The number of nitrogens with one attached hydrogen (secondary N) is 2. The third-order valence-corrected chi connectivity index (χ3v) is 3.31. The average Bonchev–Trinajstić information content (AvgIpc) is 2.41. The van der Waals surface area contributed by atoms with Crippen molar-refractivity contribution in [2.24, 2.45) is 0 Å². The van der Waals surface area contributed by atoms with Gasteiger partial charge >= 0.3 is 0 Å². The molecule has 4 heteroatoms. The lowest BCUT2D eigenvalue weighted by Gasteiger charge is -2.32. The molecule has 0 saturated carbocycles. The fraction of sp³-hybridized carbons (Fsp3) is 0.615. The Labute approximate surface area is 103 Å². The third kappa shape index (κ3) is 3.98. The van der Waals surface area contributed by atoms with Gasteiger partial charge in [-0.1, -0.05) is 6.07 Å². The van der Waals surface area contributed by atoms with Crippen LogP contribution in [0.25, 0.3) is 0 Å². The zero-order chi connectivity index (χ0) is 11.9. The van der Waals surface area contributed by atoms with Crippen molar-refractivity contribution in [1.82, 2.24) is 15.2 Å². The smallest absolute Gasteiger partial charge is 0.125 e. The van der Waals surface area contributed by atoms with E-state index in [4.69, 9.17) is 0 Å². The van der Waals surface area contributed by atoms with Crippen molar-refractivity contribution >= 4 is 5.82 Å². The Morgan fingerprint density at radius 1 is 1.41 bits per heavy atom. The van der Waals surface area contributed by atoms with Gasteiger partial charge in [0.15, 0.2) is 0 Å². The standard InChI is InChI=1S/C13H22N4/c1-12(17-10-8-14-9-11-17)5-7-16-13-4-2-3-6-15-13/h2-4,6,12,14H,5,7-11H2,1H3,(H,15,16). The van der Waals surface area contributed by atoms with Gasteiger partial charge in [-0.2, -0.15) is 0 Å². The highest BCUT2D eigenvalue weighted by atomic mass is 15.2. The number of aromatic nitrogens is 1.